The van der Waals surface area contributed by atoms with Gasteiger partial charge in [-0.3, -0.25) is 0 Å². The van der Waals surface area contributed by atoms with Gasteiger partial charge in [-0.2, -0.15) is 0 Å². The Morgan fingerprint density at radius 1 is 0.519 bits per heavy atom. The Balaban J connectivity index is 1.17. The molecule has 0 radical (unpaired) electrons. The number of hydrogen-bond acceptors (Lipinski definition) is 6. The molecule has 0 spiro atoms. The Hall–Kier alpha value is -4.14. The fourth-order valence-corrected chi connectivity index (χ4v) is 7.91. The highest BCUT2D eigenvalue weighted by Crippen LogP contribution is 2.53. The molecular formula is C48H54O6. The summed E-state index contributed by atoms with van der Waals surface area (Å²) in [5.41, 5.74) is 4.89. The first-order chi connectivity index (χ1) is 26.7. The summed E-state index contributed by atoms with van der Waals surface area (Å²) >= 11 is 0. The summed E-state index contributed by atoms with van der Waals surface area (Å²) in [6.45, 7) is 2.55. The third-order valence-electron chi connectivity index (χ3n) is 10.7. The topological polar surface area (TPSA) is 55.4 Å². The predicted octanol–water partition coefficient (Wildman–Crippen LogP) is 10.0. The quantitative estimate of drug-likeness (QED) is 0.0702. The first-order valence-corrected chi connectivity index (χ1v) is 19.7. The molecule has 6 nitrogen and oxygen atoms in total. The van der Waals surface area contributed by atoms with Gasteiger partial charge in [0.05, 0.1) is 39.6 Å². The fourth-order valence-electron chi connectivity index (χ4n) is 7.91. The third-order valence-corrected chi connectivity index (χ3v) is 10.7. The molecule has 0 N–H and O–H groups in total. The van der Waals surface area contributed by atoms with Crippen LogP contribution in [0.5, 0.6) is 0 Å². The average molecular weight is 727 g/mol. The lowest BCUT2D eigenvalue weighted by atomic mass is 9.85. The summed E-state index contributed by atoms with van der Waals surface area (Å²) < 4.78 is 41.7. The number of benzene rings is 5. The first-order valence-electron chi connectivity index (χ1n) is 19.7. The van der Waals surface area contributed by atoms with Gasteiger partial charge in [0.15, 0.2) is 5.79 Å². The second kappa shape index (κ2) is 19.4. The van der Waals surface area contributed by atoms with Crippen LogP contribution in [0.15, 0.2) is 152 Å². The van der Waals surface area contributed by atoms with Crippen LogP contribution in [-0.4, -0.2) is 42.9 Å². The van der Waals surface area contributed by atoms with E-state index < -0.39 is 29.7 Å². The van der Waals surface area contributed by atoms with E-state index >= 15 is 0 Å². The normalized spacial score (nSPS) is 22.6. The fraction of sp³-hybridized carbons (Fsp3) is 0.375. The predicted molar refractivity (Wildman–Crippen MR) is 212 cm³/mol. The number of hydrogen-bond donors (Lipinski definition) is 0. The van der Waals surface area contributed by atoms with E-state index in [9.17, 15) is 0 Å². The highest BCUT2D eigenvalue weighted by atomic mass is 16.8. The molecule has 2 aliphatic rings. The van der Waals surface area contributed by atoms with Gasteiger partial charge < -0.3 is 28.4 Å². The van der Waals surface area contributed by atoms with Crippen LogP contribution in [0.3, 0.4) is 0 Å². The van der Waals surface area contributed by atoms with E-state index in [0.29, 0.717) is 52.5 Å². The Kier molecular flexibility index (Phi) is 13.7. The molecule has 282 valence electrons. The zero-order chi connectivity index (χ0) is 36.7. The molecule has 0 amide bonds. The van der Waals surface area contributed by atoms with Crippen LogP contribution in [-0.2, 0) is 61.3 Å². The zero-order valence-electron chi connectivity index (χ0n) is 31.3. The van der Waals surface area contributed by atoms with Crippen molar-refractivity contribution in [2.24, 2.45) is 0 Å². The number of fused-ring (bicyclic) bond motifs is 2. The zero-order valence-corrected chi connectivity index (χ0v) is 31.3. The summed E-state index contributed by atoms with van der Waals surface area (Å²) in [5, 5.41) is 0. The van der Waals surface area contributed by atoms with Crippen molar-refractivity contribution in [2.45, 2.75) is 101 Å². The maximum absolute atomic E-state index is 7.43. The smallest absolute Gasteiger partial charge is 0.198 e. The van der Waals surface area contributed by atoms with Crippen molar-refractivity contribution < 1.29 is 28.4 Å². The molecule has 54 heavy (non-hydrogen) atoms. The second-order valence-electron chi connectivity index (χ2n) is 14.6. The lowest BCUT2D eigenvalue weighted by Gasteiger charge is -2.44. The Bertz CT molecular complexity index is 1770. The van der Waals surface area contributed by atoms with Crippen LogP contribution in [0.2, 0.25) is 0 Å². The van der Waals surface area contributed by atoms with Crippen molar-refractivity contribution >= 4 is 0 Å². The van der Waals surface area contributed by atoms with Gasteiger partial charge in [-0.15, -0.1) is 0 Å². The Morgan fingerprint density at radius 3 is 1.57 bits per heavy atom. The summed E-state index contributed by atoms with van der Waals surface area (Å²) in [6, 6.07) is 52.0. The van der Waals surface area contributed by atoms with E-state index in [1.165, 1.54) is 5.56 Å². The Morgan fingerprint density at radius 2 is 1.00 bits per heavy atom. The van der Waals surface area contributed by atoms with E-state index in [4.69, 9.17) is 28.4 Å². The molecule has 2 fully saturated rings. The molecule has 5 aromatic rings. The average Bonchev–Trinajstić information content (AvgIpc) is 3.41. The molecule has 0 saturated carbocycles. The SMILES string of the molecule is c1ccc(CCCCCC[C@]23OCC[C@]([C@@H](COCc4ccccc4)OCc4ccccc4)(O2)[C@H](OCc2ccccc2)[C@H]3OCc2ccccc2)cc1. The van der Waals surface area contributed by atoms with E-state index in [-0.39, 0.29) is 0 Å². The standard InChI is InChI=1S/C48H54O6/c1(8-20-39-21-9-3-10-22-39)2-19-31-48-46(52-37-43-29-17-7-18-30-43)45(51-36-42-27-15-6-16-28-42)47(54-48,32-33-53-48)44(50-35-41-25-13-5-14-26-41)38-49-34-40-23-11-4-12-24-40/h3-7,9-18,21-30,44-46H,1-2,8,19-20,31-38H2/t44-,45-,46-,47-,48+/m1/s1. The molecule has 5 atom stereocenters. The molecule has 2 aliphatic heterocycles. The number of unbranched alkanes of at least 4 members (excludes halogenated alkanes) is 3. The molecule has 2 saturated heterocycles. The summed E-state index contributed by atoms with van der Waals surface area (Å²) in [5.74, 6) is -0.998. The largest absolute Gasteiger partial charge is 0.374 e. The van der Waals surface area contributed by atoms with Crippen molar-refractivity contribution in [1.82, 2.24) is 0 Å². The molecule has 2 heterocycles. The monoisotopic (exact) mass is 726 g/mol. The highest BCUT2D eigenvalue weighted by Gasteiger charge is 2.69. The van der Waals surface area contributed by atoms with Crippen molar-refractivity contribution in [2.75, 3.05) is 13.2 Å². The van der Waals surface area contributed by atoms with E-state index in [2.05, 4.69) is 78.9 Å². The van der Waals surface area contributed by atoms with Gasteiger partial charge in [-0.05, 0) is 47.1 Å². The molecule has 0 aromatic heterocycles. The maximum atomic E-state index is 7.43. The minimum Gasteiger partial charge on any atom is -0.374 e. The van der Waals surface area contributed by atoms with Crippen molar-refractivity contribution in [3.8, 4) is 0 Å². The number of aryl methyl sites for hydroxylation is 1. The highest BCUT2D eigenvalue weighted by molar-refractivity contribution is 5.20. The van der Waals surface area contributed by atoms with Crippen LogP contribution in [0.4, 0.5) is 0 Å². The number of rotatable bonds is 21. The van der Waals surface area contributed by atoms with Gasteiger partial charge in [0, 0.05) is 12.8 Å². The minimum absolute atomic E-state index is 0.327. The second-order valence-corrected chi connectivity index (χ2v) is 14.6. The number of ether oxygens (including phenoxy) is 6. The summed E-state index contributed by atoms with van der Waals surface area (Å²) in [7, 11) is 0. The van der Waals surface area contributed by atoms with Gasteiger partial charge in [0.25, 0.3) is 0 Å². The Labute approximate surface area is 321 Å². The van der Waals surface area contributed by atoms with E-state index in [1.807, 2.05) is 72.8 Å². The van der Waals surface area contributed by atoms with E-state index in [1.54, 1.807) is 0 Å². The lowest BCUT2D eigenvalue weighted by molar-refractivity contribution is -0.336. The van der Waals surface area contributed by atoms with Crippen LogP contribution in [0.1, 0.15) is 66.3 Å². The van der Waals surface area contributed by atoms with Gasteiger partial charge >= 0.3 is 0 Å². The molecule has 2 bridgehead atoms. The van der Waals surface area contributed by atoms with Crippen molar-refractivity contribution in [3.63, 3.8) is 0 Å². The molecule has 6 heteroatoms. The van der Waals surface area contributed by atoms with Crippen molar-refractivity contribution in [3.05, 3.63) is 179 Å². The van der Waals surface area contributed by atoms with Crippen molar-refractivity contribution in [1.29, 1.82) is 0 Å². The van der Waals surface area contributed by atoms with Gasteiger partial charge in [0.2, 0.25) is 0 Å². The van der Waals surface area contributed by atoms with Crippen LogP contribution in [0.25, 0.3) is 0 Å². The van der Waals surface area contributed by atoms with Gasteiger partial charge in [-0.25, -0.2) is 0 Å². The third kappa shape index (κ3) is 9.93. The van der Waals surface area contributed by atoms with Gasteiger partial charge in [-0.1, -0.05) is 165 Å². The van der Waals surface area contributed by atoms with Gasteiger partial charge in [0.1, 0.15) is 23.9 Å². The molecule has 7 rings (SSSR count). The minimum atomic E-state index is -0.998. The van der Waals surface area contributed by atoms with Crippen LogP contribution >= 0.6 is 0 Å². The molecular weight excluding hydrogens is 673 g/mol. The first kappa shape index (κ1) is 38.1. The molecule has 0 aliphatic carbocycles. The maximum Gasteiger partial charge on any atom is 0.198 e. The summed E-state index contributed by atoms with van der Waals surface area (Å²) in [4.78, 5) is 0. The summed E-state index contributed by atoms with van der Waals surface area (Å²) in [6.07, 6.45) is 5.23. The lowest BCUT2D eigenvalue weighted by Crippen LogP contribution is -2.57. The molecule has 5 aromatic carbocycles. The van der Waals surface area contributed by atoms with Crippen LogP contribution in [0, 0.1) is 0 Å². The van der Waals surface area contributed by atoms with Crippen LogP contribution < -0.4 is 0 Å². The van der Waals surface area contributed by atoms with E-state index in [0.717, 1.165) is 54.4 Å². The molecule has 0 unspecified atom stereocenters.